The predicted molar refractivity (Wildman–Crippen MR) is 352 cm³/mol. The molecule has 0 aromatic carbocycles. The number of unbranched alkanes of at least 4 members (excludes halogenated alkanes) is 29. The van der Waals surface area contributed by atoms with Crippen LogP contribution in [-0.2, 0) is 18.4 Å². The van der Waals surface area contributed by atoms with Crippen LogP contribution in [0.25, 0.3) is 0 Å². The maximum atomic E-state index is 13.0. The number of aliphatic hydroxyl groups excluding tert-OH is 1. The van der Waals surface area contributed by atoms with Gasteiger partial charge in [-0.2, -0.15) is 0 Å². The summed E-state index contributed by atoms with van der Waals surface area (Å²) in [6.45, 7) is 4.53. The van der Waals surface area contributed by atoms with E-state index in [9.17, 15) is 19.4 Å². The second-order valence-electron chi connectivity index (χ2n) is 23.4. The molecule has 8 nitrogen and oxygen atoms in total. The highest BCUT2D eigenvalue weighted by Crippen LogP contribution is 2.38. The summed E-state index contributed by atoms with van der Waals surface area (Å²) in [4.78, 5) is 25.6. The first-order valence-corrected chi connectivity index (χ1v) is 34.9. The molecule has 466 valence electrons. The molecule has 1 amide bonds. The second-order valence-corrected chi connectivity index (χ2v) is 24.9. The van der Waals surface area contributed by atoms with Gasteiger partial charge >= 0.3 is 0 Å². The minimum atomic E-state index is -4.62. The smallest absolute Gasteiger partial charge is 0.268 e. The number of aliphatic hydroxyl groups is 1. The third-order valence-electron chi connectivity index (χ3n) is 14.4. The highest BCUT2D eigenvalue weighted by atomic mass is 31.2. The Morgan fingerprint density at radius 1 is 0.444 bits per heavy atom. The van der Waals surface area contributed by atoms with E-state index < -0.39 is 26.6 Å². The summed E-state index contributed by atoms with van der Waals surface area (Å²) >= 11 is 0. The number of carbonyl (C=O) groups is 1. The van der Waals surface area contributed by atoms with Crippen LogP contribution < -0.4 is 10.2 Å². The number of allylic oxidation sites excluding steroid dienone is 19. The van der Waals surface area contributed by atoms with Gasteiger partial charge in [0.05, 0.1) is 39.9 Å². The van der Waals surface area contributed by atoms with E-state index in [1.807, 2.05) is 27.2 Å². The van der Waals surface area contributed by atoms with E-state index in [4.69, 9.17) is 9.05 Å². The van der Waals surface area contributed by atoms with E-state index in [-0.39, 0.29) is 12.5 Å². The number of phosphoric ester groups is 1. The molecule has 0 aliphatic rings. The van der Waals surface area contributed by atoms with Gasteiger partial charge in [0.25, 0.3) is 7.82 Å². The van der Waals surface area contributed by atoms with E-state index in [0.717, 1.165) is 116 Å². The zero-order valence-electron chi connectivity index (χ0n) is 53.2. The van der Waals surface area contributed by atoms with Crippen molar-refractivity contribution in [2.45, 2.75) is 289 Å². The number of nitrogens with one attached hydrogen (secondary N) is 1. The molecule has 3 atom stereocenters. The van der Waals surface area contributed by atoms with Crippen molar-refractivity contribution in [3.05, 3.63) is 122 Å². The van der Waals surface area contributed by atoms with Crippen LogP contribution in [0.1, 0.15) is 277 Å². The Balaban J connectivity index is 4.22. The van der Waals surface area contributed by atoms with E-state index in [2.05, 4.69) is 129 Å². The van der Waals surface area contributed by atoms with Crippen molar-refractivity contribution < 1.29 is 32.9 Å². The number of hydrogen-bond donors (Lipinski definition) is 2. The van der Waals surface area contributed by atoms with Crippen molar-refractivity contribution in [1.29, 1.82) is 0 Å². The van der Waals surface area contributed by atoms with Crippen LogP contribution in [0.2, 0.25) is 0 Å². The largest absolute Gasteiger partial charge is 0.756 e. The van der Waals surface area contributed by atoms with Crippen LogP contribution >= 0.6 is 7.82 Å². The van der Waals surface area contributed by atoms with Crippen molar-refractivity contribution in [3.63, 3.8) is 0 Å². The van der Waals surface area contributed by atoms with Crippen LogP contribution in [0.3, 0.4) is 0 Å². The van der Waals surface area contributed by atoms with Gasteiger partial charge < -0.3 is 28.8 Å². The monoisotopic (exact) mass is 1150 g/mol. The topological polar surface area (TPSA) is 108 Å². The number of likely N-dealkylation sites (N-methyl/N-ethyl adjacent to an activating group) is 1. The molecule has 0 saturated heterocycles. The average Bonchev–Trinajstić information content (AvgIpc) is 3.43. The molecule has 0 rings (SSSR count). The van der Waals surface area contributed by atoms with Gasteiger partial charge in [-0.05, 0) is 89.9 Å². The Bertz CT molecular complexity index is 1730. The van der Waals surface area contributed by atoms with Gasteiger partial charge in [0.1, 0.15) is 13.2 Å². The highest BCUT2D eigenvalue weighted by molar-refractivity contribution is 7.45. The van der Waals surface area contributed by atoms with Gasteiger partial charge in [0.15, 0.2) is 0 Å². The molecule has 0 aliphatic carbocycles. The number of amides is 1. The first-order valence-electron chi connectivity index (χ1n) is 33.4. The molecule has 0 radical (unpaired) electrons. The molecule has 0 aromatic rings. The molecule has 0 saturated carbocycles. The molecule has 81 heavy (non-hydrogen) atoms. The Kier molecular flexibility index (Phi) is 59.1. The zero-order chi connectivity index (χ0) is 59.1. The fourth-order valence-electron chi connectivity index (χ4n) is 9.26. The number of quaternary nitrogens is 1. The second kappa shape index (κ2) is 61.5. The van der Waals surface area contributed by atoms with Crippen molar-refractivity contribution >= 4 is 13.7 Å². The maximum Gasteiger partial charge on any atom is 0.268 e. The van der Waals surface area contributed by atoms with E-state index in [0.29, 0.717) is 17.4 Å². The van der Waals surface area contributed by atoms with Gasteiger partial charge in [-0.25, -0.2) is 0 Å². The lowest BCUT2D eigenvalue weighted by atomic mass is 10.0. The molecule has 0 fully saturated rings. The van der Waals surface area contributed by atoms with Gasteiger partial charge in [-0.1, -0.05) is 302 Å². The summed E-state index contributed by atoms with van der Waals surface area (Å²) in [5, 5.41) is 13.9. The summed E-state index contributed by atoms with van der Waals surface area (Å²) in [6.07, 6.45) is 91.5. The first kappa shape index (κ1) is 77.9. The van der Waals surface area contributed by atoms with Crippen LogP contribution in [0.5, 0.6) is 0 Å². The fourth-order valence-corrected chi connectivity index (χ4v) is 9.99. The Morgan fingerprint density at radius 3 is 1.10 bits per heavy atom. The number of hydrogen-bond acceptors (Lipinski definition) is 6. The number of rotatable bonds is 60. The fraction of sp³-hybridized carbons (Fsp3) is 0.708. The predicted octanol–water partition coefficient (Wildman–Crippen LogP) is 20.6. The van der Waals surface area contributed by atoms with Crippen LogP contribution in [0, 0.1) is 0 Å². The van der Waals surface area contributed by atoms with Crippen LogP contribution in [0.15, 0.2) is 122 Å². The van der Waals surface area contributed by atoms with E-state index in [1.165, 1.54) is 141 Å². The van der Waals surface area contributed by atoms with Gasteiger partial charge in [0.2, 0.25) is 5.91 Å². The summed E-state index contributed by atoms with van der Waals surface area (Å²) in [7, 11) is 1.24. The lowest BCUT2D eigenvalue weighted by molar-refractivity contribution is -0.870. The molecule has 0 spiro atoms. The molecule has 3 unspecified atom stereocenters. The lowest BCUT2D eigenvalue weighted by Gasteiger charge is -2.29. The Labute approximate surface area is 501 Å². The molecule has 2 N–H and O–H groups in total. The third-order valence-corrected chi connectivity index (χ3v) is 15.4. The minimum Gasteiger partial charge on any atom is -0.756 e. The highest BCUT2D eigenvalue weighted by Gasteiger charge is 2.23. The van der Waals surface area contributed by atoms with Crippen molar-refractivity contribution in [2.75, 3.05) is 40.9 Å². The standard InChI is InChI=1S/C72H127N2O6P/c1-6-8-10-12-14-16-18-20-22-24-26-28-30-32-34-35-36-37-38-39-40-42-44-46-48-50-52-54-56-58-60-62-64-66-72(76)73-70(69-80-81(77,78)79-68-67-74(3,4)5)71(75)65-63-61-59-57-55-53-51-49-47-45-43-41-33-31-29-27-25-23-21-19-17-15-13-11-9-7-2/h8,10,14,16,20,22,26,28,32,34,36-37,39-40,44,46,50,52,63,65,70-71,75H,6-7,9,11-13,15,17-19,21,23-25,27,29-31,33,35,38,41-43,45,47-49,51,53-62,64,66-69H2,1-5H3,(H-,73,76,77,78)/b10-8-,16-14-,22-20-,28-26-,34-32-,37-36-,40-39-,46-44-,52-50-,65-63+. The molecular formula is C72H127N2O6P. The van der Waals surface area contributed by atoms with Gasteiger partial charge in [0, 0.05) is 6.42 Å². The normalized spacial score (nSPS) is 14.5. The van der Waals surface area contributed by atoms with E-state index >= 15 is 0 Å². The zero-order valence-corrected chi connectivity index (χ0v) is 54.1. The van der Waals surface area contributed by atoms with Gasteiger partial charge in [-0.3, -0.25) is 9.36 Å². The Hall–Kier alpha value is -3.10. The summed E-state index contributed by atoms with van der Waals surface area (Å²) in [6, 6.07) is -0.908. The SMILES string of the molecule is CC/C=C\C/C=C\C/C=C\C/C=C\C/C=C\C/C=C\C/C=C\C/C=C\C/C=C\CCCCCCCC(=O)NC(COP(=O)([O-])OCC[N+](C)(C)C)C(O)/C=C/CCCCCCCCCCCCCCCCCCCCCCCCCC. The number of carbonyl (C=O) groups excluding carboxylic acids is 1. The lowest BCUT2D eigenvalue weighted by Crippen LogP contribution is -2.45. The number of nitrogens with zero attached hydrogens (tertiary/aromatic N) is 1. The summed E-state index contributed by atoms with van der Waals surface area (Å²) in [5.41, 5.74) is 0. The van der Waals surface area contributed by atoms with Gasteiger partial charge in [-0.15, -0.1) is 0 Å². The summed E-state index contributed by atoms with van der Waals surface area (Å²) < 4.78 is 23.4. The van der Waals surface area contributed by atoms with Crippen LogP contribution in [0.4, 0.5) is 0 Å². The third kappa shape index (κ3) is 64.3. The first-order chi connectivity index (χ1) is 39.5. The maximum absolute atomic E-state index is 13.0. The van der Waals surface area contributed by atoms with Crippen molar-refractivity contribution in [2.24, 2.45) is 0 Å². The minimum absolute atomic E-state index is 0.0112. The summed E-state index contributed by atoms with van der Waals surface area (Å²) in [5.74, 6) is -0.218. The molecule has 9 heteroatoms. The molecule has 0 aromatic heterocycles. The average molecular weight is 1150 g/mol. The molecule has 0 heterocycles. The number of phosphoric acid groups is 1. The molecule has 0 aliphatic heterocycles. The quantitative estimate of drug-likeness (QED) is 0.0272. The van der Waals surface area contributed by atoms with E-state index in [1.54, 1.807) is 6.08 Å². The van der Waals surface area contributed by atoms with Crippen LogP contribution in [-0.4, -0.2) is 68.5 Å². The van der Waals surface area contributed by atoms with Crippen molar-refractivity contribution in [1.82, 2.24) is 5.32 Å². The van der Waals surface area contributed by atoms with Crippen molar-refractivity contribution in [3.8, 4) is 0 Å². The molecular weight excluding hydrogens is 1020 g/mol. The molecule has 0 bridgehead atoms. The Morgan fingerprint density at radius 2 is 0.753 bits per heavy atom.